The first-order valence-corrected chi connectivity index (χ1v) is 7.61. The average Bonchev–Trinajstić information content (AvgIpc) is 2.95. The minimum Gasteiger partial charge on any atom is -0.365 e. The molecule has 130 valence electrons. The van der Waals surface area contributed by atoms with E-state index in [9.17, 15) is 22.8 Å². The molecule has 1 aromatic rings. The van der Waals surface area contributed by atoms with E-state index in [2.05, 4.69) is 5.32 Å². The van der Waals surface area contributed by atoms with Gasteiger partial charge in [-0.05, 0) is 38.3 Å². The highest BCUT2D eigenvalue weighted by atomic mass is 19.4. The number of ketones is 1. The molecule has 4 nitrogen and oxygen atoms in total. The molecule has 0 aromatic heterocycles. The predicted octanol–water partition coefficient (Wildman–Crippen LogP) is 3.35. The zero-order chi connectivity index (χ0) is 17.9. The highest BCUT2D eigenvalue weighted by molar-refractivity contribution is 5.96. The minimum atomic E-state index is -4.90. The van der Waals surface area contributed by atoms with Crippen molar-refractivity contribution in [2.45, 2.75) is 38.9 Å². The van der Waals surface area contributed by atoms with Crippen LogP contribution >= 0.6 is 0 Å². The van der Waals surface area contributed by atoms with Gasteiger partial charge in [0.2, 0.25) is 5.91 Å². The molecule has 24 heavy (non-hydrogen) atoms. The third-order valence-electron chi connectivity index (χ3n) is 3.93. The fourth-order valence-corrected chi connectivity index (χ4v) is 2.68. The molecule has 0 aliphatic carbocycles. The first-order valence-electron chi connectivity index (χ1n) is 7.61. The Hall–Kier alpha value is -2.31. The van der Waals surface area contributed by atoms with Crippen LogP contribution in [-0.2, 0) is 9.59 Å². The van der Waals surface area contributed by atoms with Crippen LogP contribution in [0.2, 0.25) is 0 Å². The molecule has 1 aromatic carbocycles. The average molecular weight is 340 g/mol. The van der Waals surface area contributed by atoms with E-state index in [1.54, 1.807) is 6.07 Å². The lowest BCUT2D eigenvalue weighted by atomic mass is 10.1. The molecule has 0 spiro atoms. The standard InChI is InChI=1S/C17H19F3N2O2/c1-11-5-6-13(12(2)10-11)21-16(24)14-4-3-8-22(14)9-7-15(23)17(18,19)20/h5-7,9-10,14H,3-4,8H2,1-2H3,(H,21,24)/b9-7+/t14-/m0/s1. The Morgan fingerprint density at radius 3 is 2.62 bits per heavy atom. The Morgan fingerprint density at radius 2 is 2.00 bits per heavy atom. The Kier molecular flexibility index (Phi) is 5.31. The number of hydrogen-bond donors (Lipinski definition) is 1. The van der Waals surface area contributed by atoms with Crippen LogP contribution in [0.4, 0.5) is 18.9 Å². The van der Waals surface area contributed by atoms with Crippen LogP contribution in [0.15, 0.2) is 30.5 Å². The number of anilines is 1. The van der Waals surface area contributed by atoms with Gasteiger partial charge >= 0.3 is 6.18 Å². The second-order valence-electron chi connectivity index (χ2n) is 5.88. The summed E-state index contributed by atoms with van der Waals surface area (Å²) in [4.78, 5) is 24.8. The van der Waals surface area contributed by atoms with Gasteiger partial charge in [0.1, 0.15) is 6.04 Å². The van der Waals surface area contributed by atoms with E-state index in [4.69, 9.17) is 0 Å². The molecule has 1 fully saturated rings. The maximum Gasteiger partial charge on any atom is 0.454 e. The van der Waals surface area contributed by atoms with E-state index in [1.807, 2.05) is 26.0 Å². The van der Waals surface area contributed by atoms with Gasteiger partial charge < -0.3 is 10.2 Å². The SMILES string of the molecule is Cc1ccc(NC(=O)[C@@H]2CCCN2/C=C/C(=O)C(F)(F)F)c(C)c1. The van der Waals surface area contributed by atoms with Crippen LogP contribution < -0.4 is 5.32 Å². The van der Waals surface area contributed by atoms with Crippen molar-refractivity contribution in [3.05, 3.63) is 41.6 Å². The lowest BCUT2D eigenvalue weighted by Gasteiger charge is -2.22. The maximum absolute atomic E-state index is 12.4. The number of benzene rings is 1. The van der Waals surface area contributed by atoms with Crippen molar-refractivity contribution >= 4 is 17.4 Å². The summed E-state index contributed by atoms with van der Waals surface area (Å²) in [5.41, 5.74) is 2.66. The van der Waals surface area contributed by atoms with E-state index < -0.39 is 18.0 Å². The molecule has 0 saturated carbocycles. The number of alkyl halides is 3. The number of allylic oxidation sites excluding steroid dienone is 1. The van der Waals surface area contributed by atoms with Crippen LogP contribution in [-0.4, -0.2) is 35.4 Å². The normalized spacial score (nSPS) is 18.2. The largest absolute Gasteiger partial charge is 0.454 e. The molecule has 1 N–H and O–H groups in total. The monoisotopic (exact) mass is 340 g/mol. The number of carbonyl (C=O) groups excluding carboxylic acids is 2. The summed E-state index contributed by atoms with van der Waals surface area (Å²) >= 11 is 0. The number of nitrogens with one attached hydrogen (secondary N) is 1. The van der Waals surface area contributed by atoms with Crippen molar-refractivity contribution < 1.29 is 22.8 Å². The van der Waals surface area contributed by atoms with Gasteiger partial charge in [-0.3, -0.25) is 9.59 Å². The number of halogens is 3. The molecule has 0 radical (unpaired) electrons. The molecule has 1 aliphatic rings. The summed E-state index contributed by atoms with van der Waals surface area (Å²) in [7, 11) is 0. The van der Waals surface area contributed by atoms with Gasteiger partial charge in [-0.25, -0.2) is 0 Å². The fraction of sp³-hybridized carbons (Fsp3) is 0.412. The van der Waals surface area contributed by atoms with Gasteiger partial charge in [-0.2, -0.15) is 13.2 Å². The number of amides is 1. The Labute approximate surface area is 138 Å². The zero-order valence-electron chi connectivity index (χ0n) is 13.5. The highest BCUT2D eigenvalue weighted by Crippen LogP contribution is 2.23. The highest BCUT2D eigenvalue weighted by Gasteiger charge is 2.37. The van der Waals surface area contributed by atoms with Gasteiger partial charge in [0.25, 0.3) is 5.78 Å². The number of nitrogens with zero attached hydrogens (tertiary/aromatic N) is 1. The summed E-state index contributed by atoms with van der Waals surface area (Å²) in [6.45, 7) is 4.25. The molecule has 1 saturated heterocycles. The lowest BCUT2D eigenvalue weighted by Crippen LogP contribution is -2.37. The summed E-state index contributed by atoms with van der Waals surface area (Å²) in [5, 5.41) is 2.81. The van der Waals surface area contributed by atoms with E-state index in [-0.39, 0.29) is 5.91 Å². The minimum absolute atomic E-state index is 0.288. The lowest BCUT2D eigenvalue weighted by molar-refractivity contribution is -0.165. The third-order valence-corrected chi connectivity index (χ3v) is 3.93. The molecule has 1 aliphatic heterocycles. The molecular weight excluding hydrogens is 321 g/mol. The number of carbonyl (C=O) groups is 2. The van der Waals surface area contributed by atoms with Gasteiger partial charge in [0, 0.05) is 24.5 Å². The molecule has 1 atom stereocenters. The smallest absolute Gasteiger partial charge is 0.365 e. The second-order valence-corrected chi connectivity index (χ2v) is 5.88. The van der Waals surface area contributed by atoms with Crippen LogP contribution in [0.3, 0.4) is 0 Å². The van der Waals surface area contributed by atoms with Gasteiger partial charge in [-0.15, -0.1) is 0 Å². The Morgan fingerprint density at radius 1 is 1.29 bits per heavy atom. The fourth-order valence-electron chi connectivity index (χ4n) is 2.68. The first-order chi connectivity index (χ1) is 11.2. The zero-order valence-corrected chi connectivity index (χ0v) is 13.5. The van der Waals surface area contributed by atoms with Crippen molar-refractivity contribution in [3.63, 3.8) is 0 Å². The van der Waals surface area contributed by atoms with Crippen molar-refractivity contribution in [3.8, 4) is 0 Å². The summed E-state index contributed by atoms with van der Waals surface area (Å²) in [6, 6.07) is 5.02. The van der Waals surface area contributed by atoms with Gasteiger partial charge in [-0.1, -0.05) is 17.7 Å². The number of hydrogen-bond acceptors (Lipinski definition) is 3. The van der Waals surface area contributed by atoms with Crippen molar-refractivity contribution in [2.75, 3.05) is 11.9 Å². The van der Waals surface area contributed by atoms with Crippen LogP contribution in [0.5, 0.6) is 0 Å². The van der Waals surface area contributed by atoms with Crippen molar-refractivity contribution in [2.24, 2.45) is 0 Å². The topological polar surface area (TPSA) is 49.4 Å². The Balaban J connectivity index is 2.05. The maximum atomic E-state index is 12.4. The van der Waals surface area contributed by atoms with E-state index in [0.717, 1.165) is 17.3 Å². The number of rotatable bonds is 4. The van der Waals surface area contributed by atoms with Crippen molar-refractivity contribution in [1.29, 1.82) is 0 Å². The van der Waals surface area contributed by atoms with E-state index in [0.29, 0.717) is 31.1 Å². The molecule has 1 amide bonds. The summed E-state index contributed by atoms with van der Waals surface area (Å²) in [6.07, 6.45) is -2.15. The van der Waals surface area contributed by atoms with E-state index >= 15 is 0 Å². The predicted molar refractivity (Wildman–Crippen MR) is 84.5 cm³/mol. The quantitative estimate of drug-likeness (QED) is 0.855. The molecule has 2 rings (SSSR count). The molecule has 0 unspecified atom stereocenters. The second kappa shape index (κ2) is 7.07. The van der Waals surface area contributed by atoms with Gasteiger partial charge in [0.15, 0.2) is 0 Å². The summed E-state index contributed by atoms with van der Waals surface area (Å²) < 4.78 is 36.7. The van der Waals surface area contributed by atoms with Crippen molar-refractivity contribution in [1.82, 2.24) is 4.90 Å². The Bertz CT molecular complexity index is 668. The number of likely N-dealkylation sites (tertiary alicyclic amines) is 1. The molecule has 0 bridgehead atoms. The van der Waals surface area contributed by atoms with Crippen LogP contribution in [0.25, 0.3) is 0 Å². The third kappa shape index (κ3) is 4.37. The molecular formula is C17H19F3N2O2. The first kappa shape index (κ1) is 18.0. The van der Waals surface area contributed by atoms with Gasteiger partial charge in [0.05, 0.1) is 0 Å². The number of aryl methyl sites for hydroxylation is 2. The molecule has 7 heteroatoms. The van der Waals surface area contributed by atoms with Crippen LogP contribution in [0.1, 0.15) is 24.0 Å². The van der Waals surface area contributed by atoms with Crippen LogP contribution in [0, 0.1) is 13.8 Å². The van der Waals surface area contributed by atoms with E-state index in [1.165, 1.54) is 4.90 Å². The molecule has 1 heterocycles. The summed E-state index contributed by atoms with van der Waals surface area (Å²) in [5.74, 6) is -2.22.